The van der Waals surface area contributed by atoms with E-state index < -0.39 is 0 Å². The molecule has 0 aromatic heterocycles. The molecule has 0 amide bonds. The minimum atomic E-state index is 0.131. The second-order valence-electron chi connectivity index (χ2n) is 3.10. The molecule has 0 N–H and O–H groups in total. The lowest BCUT2D eigenvalue weighted by Gasteiger charge is -2.06. The Kier molecular flexibility index (Phi) is 2.64. The summed E-state index contributed by atoms with van der Waals surface area (Å²) in [7, 11) is 2.61. The van der Waals surface area contributed by atoms with Gasteiger partial charge in [-0.05, 0) is 37.7 Å². The van der Waals surface area contributed by atoms with Crippen molar-refractivity contribution in [2.45, 2.75) is 20.8 Å². The van der Waals surface area contributed by atoms with Crippen LogP contribution in [0.1, 0.15) is 28.4 Å². The summed E-state index contributed by atoms with van der Waals surface area (Å²) in [4.78, 5) is 11.2. The van der Waals surface area contributed by atoms with Gasteiger partial charge in [0, 0.05) is 5.56 Å². The van der Waals surface area contributed by atoms with Crippen molar-refractivity contribution < 1.29 is 4.79 Å². The maximum atomic E-state index is 11.2. The first-order valence-electron chi connectivity index (χ1n) is 3.90. The topological polar surface area (TPSA) is 17.1 Å². The van der Waals surface area contributed by atoms with E-state index in [2.05, 4.69) is 15.3 Å². The van der Waals surface area contributed by atoms with E-state index in [1.54, 1.807) is 6.92 Å². The molecule has 1 aromatic carbocycles. The molecule has 0 aliphatic rings. The van der Waals surface area contributed by atoms with Gasteiger partial charge in [-0.1, -0.05) is 11.6 Å². The highest BCUT2D eigenvalue weighted by Gasteiger charge is 2.06. The van der Waals surface area contributed by atoms with Crippen LogP contribution in [0.4, 0.5) is 0 Å². The number of aryl methyl sites for hydroxylation is 2. The Morgan fingerprint density at radius 1 is 1.33 bits per heavy atom. The van der Waals surface area contributed by atoms with Crippen molar-refractivity contribution >= 4 is 20.3 Å². The lowest BCUT2D eigenvalue weighted by molar-refractivity contribution is 0.101. The van der Waals surface area contributed by atoms with Crippen molar-refractivity contribution in [3.8, 4) is 0 Å². The number of carbonyl (C=O) groups is 1. The number of Topliss-reactive ketones (excluding diaryl/α,β-unsaturated/α-hetero) is 1. The molecule has 0 saturated heterocycles. The summed E-state index contributed by atoms with van der Waals surface area (Å²) in [5.74, 6) is 0.131. The molecule has 1 atom stereocenters. The fourth-order valence-corrected chi connectivity index (χ4v) is 1.64. The minimum Gasteiger partial charge on any atom is -0.294 e. The van der Waals surface area contributed by atoms with Gasteiger partial charge in [0.15, 0.2) is 5.78 Å². The SMILES string of the molecule is CC(=O)c1cc(C)cc(C)c1P. The highest BCUT2D eigenvalue weighted by atomic mass is 31.0. The molecular formula is C10H13OP. The predicted molar refractivity (Wildman–Crippen MR) is 55.3 cm³/mol. The third kappa shape index (κ3) is 1.73. The highest BCUT2D eigenvalue weighted by Crippen LogP contribution is 2.10. The van der Waals surface area contributed by atoms with Crippen LogP contribution in [-0.4, -0.2) is 5.78 Å². The van der Waals surface area contributed by atoms with Crippen LogP contribution in [0.5, 0.6) is 0 Å². The van der Waals surface area contributed by atoms with Gasteiger partial charge in [0.25, 0.3) is 0 Å². The first-order valence-corrected chi connectivity index (χ1v) is 4.47. The van der Waals surface area contributed by atoms with Gasteiger partial charge in [-0.3, -0.25) is 4.79 Å². The summed E-state index contributed by atoms with van der Waals surface area (Å²) in [6.07, 6.45) is 0. The number of hydrogen-bond donors (Lipinski definition) is 0. The Labute approximate surface area is 75.4 Å². The summed E-state index contributed by atoms with van der Waals surface area (Å²) in [6, 6.07) is 4.01. The Balaban J connectivity index is 3.37. The maximum absolute atomic E-state index is 11.2. The second kappa shape index (κ2) is 3.37. The molecule has 0 aliphatic heterocycles. The van der Waals surface area contributed by atoms with Gasteiger partial charge in [-0.25, -0.2) is 0 Å². The zero-order valence-electron chi connectivity index (χ0n) is 7.64. The maximum Gasteiger partial charge on any atom is 0.160 e. The molecular weight excluding hydrogens is 167 g/mol. The fraction of sp³-hybridized carbons (Fsp3) is 0.300. The zero-order chi connectivity index (χ0) is 9.30. The molecule has 0 bridgehead atoms. The van der Waals surface area contributed by atoms with Crippen LogP contribution in [-0.2, 0) is 0 Å². The quantitative estimate of drug-likeness (QED) is 0.477. The third-order valence-electron chi connectivity index (χ3n) is 1.91. The Morgan fingerprint density at radius 3 is 2.42 bits per heavy atom. The number of ketones is 1. The Bertz CT molecular complexity index is 329. The largest absolute Gasteiger partial charge is 0.294 e. The minimum absolute atomic E-state index is 0.131. The van der Waals surface area contributed by atoms with E-state index in [-0.39, 0.29) is 5.78 Å². The van der Waals surface area contributed by atoms with Crippen LogP contribution in [0, 0.1) is 13.8 Å². The standard InChI is InChI=1S/C10H13OP/c1-6-4-7(2)10(12)9(5-6)8(3)11/h4-5H,12H2,1-3H3. The van der Waals surface area contributed by atoms with E-state index in [0.29, 0.717) is 0 Å². The number of benzene rings is 1. The molecule has 0 saturated carbocycles. The fourth-order valence-electron chi connectivity index (χ4n) is 1.27. The monoisotopic (exact) mass is 180 g/mol. The first-order chi connectivity index (χ1) is 5.52. The van der Waals surface area contributed by atoms with Crippen molar-refractivity contribution in [2.75, 3.05) is 0 Å². The number of hydrogen-bond acceptors (Lipinski definition) is 1. The molecule has 1 unspecified atom stereocenters. The summed E-state index contributed by atoms with van der Waals surface area (Å²) in [5, 5.41) is 1.02. The zero-order valence-corrected chi connectivity index (χ0v) is 8.79. The van der Waals surface area contributed by atoms with E-state index >= 15 is 0 Å². The molecule has 64 valence electrons. The van der Waals surface area contributed by atoms with Crippen molar-refractivity contribution in [2.24, 2.45) is 0 Å². The molecule has 0 fully saturated rings. The third-order valence-corrected chi connectivity index (χ3v) is 2.68. The van der Waals surface area contributed by atoms with Crippen molar-refractivity contribution in [3.05, 3.63) is 28.8 Å². The summed E-state index contributed by atoms with van der Waals surface area (Å²) in [6.45, 7) is 5.62. The van der Waals surface area contributed by atoms with E-state index in [1.807, 2.05) is 19.9 Å². The van der Waals surface area contributed by atoms with Gasteiger partial charge in [-0.2, -0.15) is 0 Å². The normalized spacial score (nSPS) is 10.0. The number of rotatable bonds is 1. The lowest BCUT2D eigenvalue weighted by Crippen LogP contribution is -2.10. The lowest BCUT2D eigenvalue weighted by atomic mass is 10.0. The molecule has 0 heterocycles. The van der Waals surface area contributed by atoms with Crippen molar-refractivity contribution in [1.82, 2.24) is 0 Å². The van der Waals surface area contributed by atoms with Gasteiger partial charge in [0.2, 0.25) is 0 Å². The van der Waals surface area contributed by atoms with Gasteiger partial charge in [0.1, 0.15) is 0 Å². The molecule has 0 spiro atoms. The smallest absolute Gasteiger partial charge is 0.160 e. The van der Waals surface area contributed by atoms with Crippen molar-refractivity contribution in [3.63, 3.8) is 0 Å². The van der Waals surface area contributed by atoms with Crippen LogP contribution >= 0.6 is 9.24 Å². The molecule has 0 radical (unpaired) electrons. The molecule has 1 aromatic rings. The molecule has 1 rings (SSSR count). The van der Waals surface area contributed by atoms with Crippen LogP contribution in [0.25, 0.3) is 0 Å². The molecule has 1 nitrogen and oxygen atoms in total. The Morgan fingerprint density at radius 2 is 1.92 bits per heavy atom. The van der Waals surface area contributed by atoms with E-state index in [0.717, 1.165) is 22.0 Å². The summed E-state index contributed by atoms with van der Waals surface area (Å²) >= 11 is 0. The van der Waals surface area contributed by atoms with Gasteiger partial charge >= 0.3 is 0 Å². The van der Waals surface area contributed by atoms with Crippen molar-refractivity contribution in [1.29, 1.82) is 0 Å². The molecule has 0 aliphatic carbocycles. The summed E-state index contributed by atoms with van der Waals surface area (Å²) in [5.41, 5.74) is 3.12. The van der Waals surface area contributed by atoms with Crippen LogP contribution in [0.3, 0.4) is 0 Å². The molecule has 12 heavy (non-hydrogen) atoms. The average molecular weight is 180 g/mol. The highest BCUT2D eigenvalue weighted by molar-refractivity contribution is 7.28. The Hall–Kier alpha value is -0.680. The van der Waals surface area contributed by atoms with Gasteiger partial charge < -0.3 is 0 Å². The van der Waals surface area contributed by atoms with Gasteiger partial charge in [-0.15, -0.1) is 9.24 Å². The second-order valence-corrected chi connectivity index (χ2v) is 3.68. The average Bonchev–Trinajstić information content (AvgIpc) is 1.96. The van der Waals surface area contributed by atoms with E-state index in [9.17, 15) is 4.79 Å². The molecule has 2 heteroatoms. The van der Waals surface area contributed by atoms with E-state index in [4.69, 9.17) is 0 Å². The summed E-state index contributed by atoms with van der Waals surface area (Å²) < 4.78 is 0. The van der Waals surface area contributed by atoms with Crippen LogP contribution in [0.2, 0.25) is 0 Å². The predicted octanol–water partition coefficient (Wildman–Crippen LogP) is 2.01. The number of carbonyl (C=O) groups excluding carboxylic acids is 1. The van der Waals surface area contributed by atoms with Gasteiger partial charge in [0.05, 0.1) is 0 Å². The van der Waals surface area contributed by atoms with E-state index in [1.165, 1.54) is 0 Å². The van der Waals surface area contributed by atoms with Crippen LogP contribution in [0.15, 0.2) is 12.1 Å². The first kappa shape index (κ1) is 9.41. The van der Waals surface area contributed by atoms with Crippen LogP contribution < -0.4 is 5.30 Å².